The maximum Gasteiger partial charge on any atom is 0 e. The maximum absolute atomic E-state index is 2.28. The summed E-state index contributed by atoms with van der Waals surface area (Å²) in [4.78, 5) is 0. The van der Waals surface area contributed by atoms with Gasteiger partial charge < -0.3 is 0 Å². The van der Waals surface area contributed by atoms with Crippen LogP contribution in [0.3, 0.4) is 0 Å². The molecule has 20 heavy (non-hydrogen) atoms. The molecule has 0 fully saturated rings. The Morgan fingerprint density at radius 2 is 1.65 bits per heavy atom. The first-order chi connectivity index (χ1) is 9.15. The second-order valence-electron chi connectivity index (χ2n) is 5.62. The third kappa shape index (κ3) is 2.84. The summed E-state index contributed by atoms with van der Waals surface area (Å²) in [6, 6.07) is 20.1. The van der Waals surface area contributed by atoms with Crippen molar-refractivity contribution in [1.82, 2.24) is 0 Å². The fraction of sp³-hybridized carbons (Fsp3) is 0.211. The van der Waals surface area contributed by atoms with Crippen LogP contribution in [-0.4, -0.2) is 0 Å². The molecule has 0 aliphatic carbocycles. The Bertz CT molecular complexity index is 702. The van der Waals surface area contributed by atoms with Crippen LogP contribution >= 0.6 is 0 Å². The first-order valence-corrected chi connectivity index (χ1v) is 6.91. The third-order valence-electron chi connectivity index (χ3n) is 3.78. The molecular formula is C19H19Zr-. The Morgan fingerprint density at radius 3 is 2.30 bits per heavy atom. The van der Waals surface area contributed by atoms with E-state index >= 15 is 0 Å². The quantitative estimate of drug-likeness (QED) is 0.529. The molecule has 0 aromatic heterocycles. The second kappa shape index (κ2) is 6.14. The molecule has 0 saturated carbocycles. The van der Waals surface area contributed by atoms with Crippen molar-refractivity contribution >= 4 is 10.8 Å². The van der Waals surface area contributed by atoms with Crippen LogP contribution in [0.1, 0.15) is 30.9 Å². The van der Waals surface area contributed by atoms with Gasteiger partial charge in [0.15, 0.2) is 0 Å². The predicted molar refractivity (Wildman–Crippen MR) is 83.8 cm³/mol. The fourth-order valence-electron chi connectivity index (χ4n) is 2.68. The first kappa shape index (κ1) is 15.3. The molecule has 0 radical (unpaired) electrons. The van der Waals surface area contributed by atoms with Crippen molar-refractivity contribution in [3.63, 3.8) is 0 Å². The van der Waals surface area contributed by atoms with E-state index < -0.39 is 0 Å². The molecule has 3 aromatic carbocycles. The zero-order valence-corrected chi connectivity index (χ0v) is 14.7. The third-order valence-corrected chi connectivity index (χ3v) is 3.78. The number of aryl methyl sites for hydroxylation is 1. The van der Waals surface area contributed by atoms with Gasteiger partial charge in [0.25, 0.3) is 0 Å². The fourth-order valence-corrected chi connectivity index (χ4v) is 2.68. The van der Waals surface area contributed by atoms with Gasteiger partial charge in [0, 0.05) is 26.2 Å². The van der Waals surface area contributed by atoms with E-state index in [1.165, 1.54) is 33.0 Å². The van der Waals surface area contributed by atoms with Crippen molar-refractivity contribution < 1.29 is 26.2 Å². The van der Waals surface area contributed by atoms with Crippen molar-refractivity contribution in [3.05, 3.63) is 65.7 Å². The number of rotatable bonds is 2. The van der Waals surface area contributed by atoms with E-state index in [4.69, 9.17) is 0 Å². The largest absolute Gasteiger partial charge is 0.165 e. The number of hydrogen-bond acceptors (Lipinski definition) is 0. The molecule has 1 heteroatoms. The van der Waals surface area contributed by atoms with Gasteiger partial charge in [-0.05, 0) is 17.0 Å². The minimum Gasteiger partial charge on any atom is -0.165 e. The first-order valence-electron chi connectivity index (χ1n) is 6.91. The molecule has 0 spiro atoms. The summed E-state index contributed by atoms with van der Waals surface area (Å²) in [5.41, 5.74) is 5.37. The topological polar surface area (TPSA) is 0 Å². The zero-order valence-electron chi connectivity index (χ0n) is 12.3. The summed E-state index contributed by atoms with van der Waals surface area (Å²) >= 11 is 0. The van der Waals surface area contributed by atoms with Crippen LogP contribution in [-0.2, 0) is 26.2 Å². The van der Waals surface area contributed by atoms with Gasteiger partial charge in [-0.2, -0.15) is 6.07 Å². The van der Waals surface area contributed by atoms with Crippen LogP contribution in [0.2, 0.25) is 0 Å². The van der Waals surface area contributed by atoms with Crippen LogP contribution in [0, 0.1) is 6.92 Å². The van der Waals surface area contributed by atoms with E-state index in [9.17, 15) is 0 Å². The molecular weight excluding hydrogens is 319 g/mol. The summed E-state index contributed by atoms with van der Waals surface area (Å²) in [6.07, 6.45) is 0. The summed E-state index contributed by atoms with van der Waals surface area (Å²) in [6.45, 7) is 6.62. The average molecular weight is 339 g/mol. The summed E-state index contributed by atoms with van der Waals surface area (Å²) < 4.78 is 0. The van der Waals surface area contributed by atoms with Crippen molar-refractivity contribution in [2.45, 2.75) is 26.7 Å². The molecule has 3 rings (SSSR count). The molecule has 0 amide bonds. The van der Waals surface area contributed by atoms with Gasteiger partial charge >= 0.3 is 0 Å². The van der Waals surface area contributed by atoms with Gasteiger partial charge in [-0.3, -0.25) is 0 Å². The van der Waals surface area contributed by atoms with E-state index in [-0.39, 0.29) is 26.2 Å². The molecule has 0 nitrogen and oxygen atoms in total. The molecule has 3 aromatic rings. The Hall–Kier alpha value is -1.07. The second-order valence-corrected chi connectivity index (χ2v) is 5.62. The summed E-state index contributed by atoms with van der Waals surface area (Å²) in [7, 11) is 0. The van der Waals surface area contributed by atoms with Crippen molar-refractivity contribution in [3.8, 4) is 11.1 Å². The van der Waals surface area contributed by atoms with Gasteiger partial charge in [-0.1, -0.05) is 56.7 Å². The minimum atomic E-state index is 0. The van der Waals surface area contributed by atoms with Gasteiger partial charge in [0.1, 0.15) is 0 Å². The maximum atomic E-state index is 2.28. The van der Waals surface area contributed by atoms with E-state index in [1.54, 1.807) is 0 Å². The molecule has 0 aliphatic rings. The van der Waals surface area contributed by atoms with E-state index in [0.717, 1.165) is 0 Å². The number of hydrogen-bond donors (Lipinski definition) is 0. The van der Waals surface area contributed by atoms with E-state index in [2.05, 4.69) is 75.4 Å². The van der Waals surface area contributed by atoms with Gasteiger partial charge in [-0.15, -0.1) is 34.5 Å². The Balaban J connectivity index is 0.00000147. The van der Waals surface area contributed by atoms with Gasteiger partial charge in [-0.25, -0.2) is 0 Å². The monoisotopic (exact) mass is 337 g/mol. The van der Waals surface area contributed by atoms with Crippen LogP contribution < -0.4 is 0 Å². The smallest absolute Gasteiger partial charge is 0 e. The van der Waals surface area contributed by atoms with Gasteiger partial charge in [0.2, 0.25) is 0 Å². The molecule has 0 N–H and O–H groups in total. The van der Waals surface area contributed by atoms with Crippen LogP contribution in [0.5, 0.6) is 0 Å². The molecule has 0 heterocycles. The van der Waals surface area contributed by atoms with Crippen LogP contribution in [0.25, 0.3) is 21.9 Å². The average Bonchev–Trinajstić information content (AvgIpc) is 2.78. The van der Waals surface area contributed by atoms with Gasteiger partial charge in [0.05, 0.1) is 0 Å². The zero-order chi connectivity index (χ0) is 13.4. The molecule has 0 saturated heterocycles. The molecule has 0 unspecified atom stereocenters. The Labute approximate surface area is 140 Å². The Kier molecular flexibility index (Phi) is 4.71. The number of benzene rings is 2. The van der Waals surface area contributed by atoms with Crippen LogP contribution in [0.4, 0.5) is 0 Å². The Morgan fingerprint density at radius 1 is 0.950 bits per heavy atom. The summed E-state index contributed by atoms with van der Waals surface area (Å²) in [5.74, 6) is 0.589. The molecule has 0 atom stereocenters. The molecule has 0 aliphatic heterocycles. The standard InChI is InChI=1S/C19H19.Zr/c1-13(2)15-7-9-16(10-8-15)18-6-4-5-17-11-14(3)12-19(17)18;/h4-13H,1-3H3;/q-1;. The van der Waals surface area contributed by atoms with Crippen LogP contribution in [0.15, 0.2) is 54.6 Å². The normalized spacial score (nSPS) is 10.8. The molecule has 0 bridgehead atoms. The summed E-state index contributed by atoms with van der Waals surface area (Å²) in [5, 5.41) is 2.69. The SMILES string of the molecule is Cc1cc2c(-c3ccc(C(C)C)cc3)cccc2[cH-]1.[Zr]. The molecule has 100 valence electrons. The minimum absolute atomic E-state index is 0. The number of fused-ring (bicyclic) bond motifs is 1. The predicted octanol–water partition coefficient (Wildman–Crippen LogP) is 5.66. The van der Waals surface area contributed by atoms with Crippen molar-refractivity contribution in [2.24, 2.45) is 0 Å². The van der Waals surface area contributed by atoms with Crippen molar-refractivity contribution in [2.75, 3.05) is 0 Å². The van der Waals surface area contributed by atoms with E-state index in [0.29, 0.717) is 5.92 Å². The van der Waals surface area contributed by atoms with E-state index in [1.807, 2.05) is 0 Å². The van der Waals surface area contributed by atoms with Crippen molar-refractivity contribution in [1.29, 1.82) is 0 Å².